The van der Waals surface area contributed by atoms with Crippen LogP contribution in [-0.4, -0.2) is 49.6 Å². The van der Waals surface area contributed by atoms with Crippen molar-refractivity contribution in [3.8, 4) is 6.07 Å². The number of anilines is 2. The Morgan fingerprint density at radius 3 is 2.61 bits per heavy atom. The van der Waals surface area contributed by atoms with E-state index in [0.29, 0.717) is 28.7 Å². The van der Waals surface area contributed by atoms with Crippen molar-refractivity contribution in [2.24, 2.45) is 0 Å². The SMILES string of the molecule is C[C@@H](Nc1cc(N2CCN(C(=O)C3CCCCN3)CC2)ccc1C#N)c1ccc(Cl)cc1Cl. The third kappa shape index (κ3) is 5.55. The summed E-state index contributed by atoms with van der Waals surface area (Å²) in [5.41, 5.74) is 3.29. The number of carbonyl (C=O) groups excluding carboxylic acids is 1. The fourth-order valence-electron chi connectivity index (χ4n) is 4.58. The minimum atomic E-state index is -0.102. The van der Waals surface area contributed by atoms with Gasteiger partial charge < -0.3 is 20.4 Å². The molecule has 2 aromatic rings. The molecule has 2 N–H and O–H groups in total. The molecule has 174 valence electrons. The van der Waals surface area contributed by atoms with Gasteiger partial charge in [-0.05, 0) is 62.2 Å². The summed E-state index contributed by atoms with van der Waals surface area (Å²) in [5.74, 6) is 0.227. The number of nitriles is 1. The molecule has 0 aliphatic carbocycles. The van der Waals surface area contributed by atoms with E-state index in [2.05, 4.69) is 21.6 Å². The maximum absolute atomic E-state index is 12.8. The lowest BCUT2D eigenvalue weighted by Crippen LogP contribution is -2.55. The van der Waals surface area contributed by atoms with Crippen LogP contribution in [0.25, 0.3) is 0 Å². The highest BCUT2D eigenvalue weighted by Crippen LogP contribution is 2.31. The number of hydrogen-bond acceptors (Lipinski definition) is 5. The number of piperidine rings is 1. The first-order chi connectivity index (χ1) is 16.0. The lowest BCUT2D eigenvalue weighted by Gasteiger charge is -2.38. The largest absolute Gasteiger partial charge is 0.377 e. The number of nitrogens with one attached hydrogen (secondary N) is 2. The minimum Gasteiger partial charge on any atom is -0.377 e. The van der Waals surface area contributed by atoms with Gasteiger partial charge in [0.05, 0.1) is 23.3 Å². The summed E-state index contributed by atoms with van der Waals surface area (Å²) in [6, 6.07) is 13.4. The van der Waals surface area contributed by atoms with Gasteiger partial charge in [-0.1, -0.05) is 35.7 Å². The molecule has 2 saturated heterocycles. The van der Waals surface area contributed by atoms with Crippen LogP contribution >= 0.6 is 23.2 Å². The minimum absolute atomic E-state index is 0.0304. The zero-order chi connectivity index (χ0) is 23.4. The Morgan fingerprint density at radius 2 is 1.94 bits per heavy atom. The molecule has 2 heterocycles. The number of rotatable bonds is 5. The molecule has 0 aromatic heterocycles. The number of amides is 1. The molecule has 2 atom stereocenters. The summed E-state index contributed by atoms with van der Waals surface area (Å²) < 4.78 is 0. The van der Waals surface area contributed by atoms with Crippen LogP contribution < -0.4 is 15.5 Å². The Balaban J connectivity index is 1.43. The van der Waals surface area contributed by atoms with Gasteiger partial charge in [0.2, 0.25) is 5.91 Å². The topological polar surface area (TPSA) is 71.4 Å². The molecule has 4 rings (SSSR count). The predicted octanol–water partition coefficient (Wildman–Crippen LogP) is 4.83. The molecule has 2 aliphatic rings. The Kier molecular flexibility index (Phi) is 7.64. The molecular weight excluding hydrogens is 457 g/mol. The van der Waals surface area contributed by atoms with Gasteiger partial charge in [0.1, 0.15) is 6.07 Å². The van der Waals surface area contributed by atoms with Gasteiger partial charge in [0.15, 0.2) is 0 Å². The number of halogens is 2. The van der Waals surface area contributed by atoms with Crippen molar-refractivity contribution in [1.82, 2.24) is 10.2 Å². The van der Waals surface area contributed by atoms with Gasteiger partial charge in [-0.25, -0.2) is 0 Å². The third-order valence-electron chi connectivity index (χ3n) is 6.49. The Bertz CT molecular complexity index is 1040. The van der Waals surface area contributed by atoms with Crippen LogP contribution in [0.2, 0.25) is 10.0 Å². The quantitative estimate of drug-likeness (QED) is 0.634. The molecule has 2 fully saturated rings. The first-order valence-corrected chi connectivity index (χ1v) is 12.2. The zero-order valence-electron chi connectivity index (χ0n) is 18.8. The summed E-state index contributed by atoms with van der Waals surface area (Å²) in [6.07, 6.45) is 3.19. The van der Waals surface area contributed by atoms with Crippen LogP contribution in [-0.2, 0) is 4.79 Å². The van der Waals surface area contributed by atoms with Crippen molar-refractivity contribution in [2.45, 2.75) is 38.3 Å². The molecule has 0 radical (unpaired) electrons. The van der Waals surface area contributed by atoms with Crippen LogP contribution in [0, 0.1) is 11.3 Å². The van der Waals surface area contributed by atoms with E-state index in [9.17, 15) is 10.1 Å². The number of benzene rings is 2. The highest BCUT2D eigenvalue weighted by atomic mass is 35.5. The first kappa shape index (κ1) is 23.7. The fraction of sp³-hybridized carbons (Fsp3) is 0.440. The Morgan fingerprint density at radius 1 is 1.15 bits per heavy atom. The van der Waals surface area contributed by atoms with E-state index in [1.54, 1.807) is 6.07 Å². The maximum atomic E-state index is 12.8. The van der Waals surface area contributed by atoms with Crippen LogP contribution in [0.3, 0.4) is 0 Å². The van der Waals surface area contributed by atoms with Crippen LogP contribution in [0.1, 0.15) is 43.4 Å². The van der Waals surface area contributed by atoms with Crippen molar-refractivity contribution in [1.29, 1.82) is 5.26 Å². The second-order valence-electron chi connectivity index (χ2n) is 8.69. The maximum Gasteiger partial charge on any atom is 0.239 e. The van der Waals surface area contributed by atoms with E-state index < -0.39 is 0 Å². The molecule has 1 amide bonds. The van der Waals surface area contributed by atoms with Gasteiger partial charge in [0.25, 0.3) is 0 Å². The van der Waals surface area contributed by atoms with Crippen molar-refractivity contribution in [3.63, 3.8) is 0 Å². The lowest BCUT2D eigenvalue weighted by atomic mass is 10.0. The number of piperazine rings is 1. The van der Waals surface area contributed by atoms with Gasteiger partial charge >= 0.3 is 0 Å². The van der Waals surface area contributed by atoms with E-state index in [1.165, 1.54) is 0 Å². The summed E-state index contributed by atoms with van der Waals surface area (Å²) in [6.45, 7) is 5.88. The highest BCUT2D eigenvalue weighted by molar-refractivity contribution is 6.35. The van der Waals surface area contributed by atoms with Gasteiger partial charge in [-0.2, -0.15) is 5.26 Å². The van der Waals surface area contributed by atoms with Gasteiger partial charge in [-0.15, -0.1) is 0 Å². The standard InChI is InChI=1S/C25H29Cl2N5O/c1-17(21-8-6-19(26)14-22(21)27)30-24-15-20(7-5-18(24)16-28)31-10-12-32(13-11-31)25(33)23-4-2-3-9-29-23/h5-8,14-15,17,23,29-30H,2-4,9-13H2,1H3/t17-,23?/m1/s1. The van der Waals surface area contributed by atoms with E-state index in [-0.39, 0.29) is 18.0 Å². The molecule has 1 unspecified atom stereocenters. The number of hydrogen-bond donors (Lipinski definition) is 2. The van der Waals surface area contributed by atoms with Crippen molar-refractivity contribution in [2.75, 3.05) is 42.9 Å². The van der Waals surface area contributed by atoms with Crippen LogP contribution in [0.5, 0.6) is 0 Å². The van der Waals surface area contributed by atoms with Crippen LogP contribution in [0.15, 0.2) is 36.4 Å². The lowest BCUT2D eigenvalue weighted by molar-refractivity contribution is -0.134. The average Bonchev–Trinajstić information content (AvgIpc) is 2.84. The van der Waals surface area contributed by atoms with E-state index >= 15 is 0 Å². The molecule has 8 heteroatoms. The molecule has 2 aliphatic heterocycles. The van der Waals surface area contributed by atoms with Crippen molar-refractivity contribution < 1.29 is 4.79 Å². The molecule has 0 saturated carbocycles. The normalized spacial score (nSPS) is 19.6. The smallest absolute Gasteiger partial charge is 0.239 e. The van der Waals surface area contributed by atoms with E-state index in [4.69, 9.17) is 23.2 Å². The molecule has 0 bridgehead atoms. The molecule has 0 spiro atoms. The summed E-state index contributed by atoms with van der Waals surface area (Å²) >= 11 is 12.4. The molecular formula is C25H29Cl2N5O. The summed E-state index contributed by atoms with van der Waals surface area (Å²) in [5, 5.41) is 17.6. The molecule has 33 heavy (non-hydrogen) atoms. The van der Waals surface area contributed by atoms with Gasteiger partial charge in [0, 0.05) is 41.9 Å². The highest BCUT2D eigenvalue weighted by Gasteiger charge is 2.28. The van der Waals surface area contributed by atoms with Gasteiger partial charge in [-0.3, -0.25) is 4.79 Å². The first-order valence-electron chi connectivity index (χ1n) is 11.5. The zero-order valence-corrected chi connectivity index (χ0v) is 20.3. The van der Waals surface area contributed by atoms with E-state index in [0.717, 1.165) is 55.8 Å². The monoisotopic (exact) mass is 485 g/mol. The Labute approximate surface area is 205 Å². The fourth-order valence-corrected chi connectivity index (χ4v) is 5.15. The Hall–Kier alpha value is -2.46. The van der Waals surface area contributed by atoms with Crippen molar-refractivity contribution in [3.05, 3.63) is 57.6 Å². The third-order valence-corrected chi connectivity index (χ3v) is 7.05. The molecule has 2 aromatic carbocycles. The predicted molar refractivity (Wildman–Crippen MR) is 134 cm³/mol. The molecule has 6 nitrogen and oxygen atoms in total. The van der Waals surface area contributed by atoms with Crippen molar-refractivity contribution >= 4 is 40.5 Å². The second-order valence-corrected chi connectivity index (χ2v) is 9.53. The summed E-state index contributed by atoms with van der Waals surface area (Å²) in [7, 11) is 0. The number of carbonyl (C=O) groups is 1. The van der Waals surface area contributed by atoms with Crippen LogP contribution in [0.4, 0.5) is 11.4 Å². The summed E-state index contributed by atoms with van der Waals surface area (Å²) in [4.78, 5) is 17.1. The van der Waals surface area contributed by atoms with E-state index in [1.807, 2.05) is 42.2 Å². The number of nitrogens with zero attached hydrogens (tertiary/aromatic N) is 3. The average molecular weight is 486 g/mol. The second kappa shape index (κ2) is 10.6.